The van der Waals surface area contributed by atoms with Crippen LogP contribution in [0.15, 0.2) is 67.0 Å². The standard InChI is InChI=1S/C35H41F3N6O2/c1-23-17-24(2)44(43-23)16-15-39-14-13-30-20-40-19-29(46-30)11-12-31-33(38)21-41-22-34(31)42-35(45)18-32(25-3-7-27(36)8-4-25)26-5-9-28(37)10-6-26/h3-10,17,21-22,29-30,32,39-40H,11-16,18-20H2,1-2H3,(H,42,45). The van der Waals surface area contributed by atoms with Crippen molar-refractivity contribution < 1.29 is 22.7 Å². The second-order valence-corrected chi connectivity index (χ2v) is 11.8. The highest BCUT2D eigenvalue weighted by molar-refractivity contribution is 5.92. The highest BCUT2D eigenvalue weighted by Gasteiger charge is 2.24. The zero-order chi connectivity index (χ0) is 32.5. The number of ether oxygens (including phenoxy) is 1. The average molecular weight is 635 g/mol. The molecule has 1 aliphatic heterocycles. The molecule has 2 aromatic carbocycles. The molecule has 1 amide bonds. The second-order valence-electron chi connectivity index (χ2n) is 11.8. The number of aromatic nitrogens is 3. The first-order chi connectivity index (χ1) is 22.2. The quantitative estimate of drug-likeness (QED) is 0.160. The van der Waals surface area contributed by atoms with Crippen molar-refractivity contribution in [3.8, 4) is 0 Å². The summed E-state index contributed by atoms with van der Waals surface area (Å²) in [6, 6.07) is 13.8. The molecule has 11 heteroatoms. The second kappa shape index (κ2) is 16.0. The molecule has 2 aromatic heterocycles. The van der Waals surface area contributed by atoms with Gasteiger partial charge in [-0.1, -0.05) is 24.3 Å². The molecule has 0 saturated carbocycles. The molecule has 0 radical (unpaired) electrons. The molecule has 1 aliphatic rings. The molecule has 2 unspecified atom stereocenters. The maximum Gasteiger partial charge on any atom is 0.225 e. The Kier molecular flexibility index (Phi) is 11.6. The van der Waals surface area contributed by atoms with Crippen LogP contribution in [0.25, 0.3) is 0 Å². The fourth-order valence-corrected chi connectivity index (χ4v) is 5.92. The van der Waals surface area contributed by atoms with E-state index in [2.05, 4.69) is 39.0 Å². The first kappa shape index (κ1) is 33.3. The molecule has 244 valence electrons. The van der Waals surface area contributed by atoms with E-state index in [9.17, 15) is 13.6 Å². The smallest absolute Gasteiger partial charge is 0.225 e. The van der Waals surface area contributed by atoms with Gasteiger partial charge >= 0.3 is 0 Å². The monoisotopic (exact) mass is 634 g/mol. The lowest BCUT2D eigenvalue weighted by Crippen LogP contribution is -2.45. The number of anilines is 1. The largest absolute Gasteiger partial charge is 0.372 e. The molecule has 4 aromatic rings. The van der Waals surface area contributed by atoms with Crippen LogP contribution in [-0.2, 0) is 22.5 Å². The van der Waals surface area contributed by atoms with Gasteiger partial charge in [-0.3, -0.25) is 14.5 Å². The summed E-state index contributed by atoms with van der Waals surface area (Å²) in [5.41, 5.74) is 4.23. The normalized spacial score (nSPS) is 16.6. The molecule has 46 heavy (non-hydrogen) atoms. The lowest BCUT2D eigenvalue weighted by Gasteiger charge is -2.31. The topological polar surface area (TPSA) is 93.1 Å². The predicted octanol–water partition coefficient (Wildman–Crippen LogP) is 5.44. The number of pyridine rings is 1. The zero-order valence-electron chi connectivity index (χ0n) is 26.2. The van der Waals surface area contributed by atoms with Crippen molar-refractivity contribution >= 4 is 11.6 Å². The lowest BCUT2D eigenvalue weighted by molar-refractivity contribution is -0.116. The summed E-state index contributed by atoms with van der Waals surface area (Å²) in [5.74, 6) is -2.12. The number of halogens is 3. The number of carbonyl (C=O) groups excluding carboxylic acids is 1. The fraction of sp³-hybridized carbons (Fsp3) is 0.400. The summed E-state index contributed by atoms with van der Waals surface area (Å²) in [7, 11) is 0. The minimum absolute atomic E-state index is 0.0141. The van der Waals surface area contributed by atoms with E-state index in [4.69, 9.17) is 4.74 Å². The van der Waals surface area contributed by atoms with Crippen molar-refractivity contribution in [1.29, 1.82) is 0 Å². The van der Waals surface area contributed by atoms with Gasteiger partial charge in [0.2, 0.25) is 5.91 Å². The molecule has 2 atom stereocenters. The van der Waals surface area contributed by atoms with E-state index in [1.807, 2.05) is 11.6 Å². The first-order valence-corrected chi connectivity index (χ1v) is 15.8. The van der Waals surface area contributed by atoms with E-state index >= 15 is 4.39 Å². The van der Waals surface area contributed by atoms with Crippen molar-refractivity contribution in [2.45, 2.75) is 64.2 Å². The van der Waals surface area contributed by atoms with Gasteiger partial charge in [-0.05, 0) is 81.1 Å². The molecule has 1 fully saturated rings. The number of carbonyl (C=O) groups is 1. The maximum absolute atomic E-state index is 15.0. The van der Waals surface area contributed by atoms with Gasteiger partial charge in [-0.25, -0.2) is 13.2 Å². The van der Waals surface area contributed by atoms with E-state index in [1.165, 1.54) is 30.5 Å². The Morgan fingerprint density at radius 1 is 0.957 bits per heavy atom. The van der Waals surface area contributed by atoms with Crippen molar-refractivity contribution in [3.63, 3.8) is 0 Å². The third-order valence-electron chi connectivity index (χ3n) is 8.31. The minimum Gasteiger partial charge on any atom is -0.372 e. The molecule has 0 aliphatic carbocycles. The molecular weight excluding hydrogens is 593 g/mol. The molecule has 8 nitrogen and oxygen atoms in total. The van der Waals surface area contributed by atoms with E-state index in [0.717, 1.165) is 50.2 Å². The molecule has 1 saturated heterocycles. The number of rotatable bonds is 14. The summed E-state index contributed by atoms with van der Waals surface area (Å²) in [6.45, 7) is 7.89. The zero-order valence-corrected chi connectivity index (χ0v) is 26.2. The molecular formula is C35H41F3N6O2. The summed E-state index contributed by atoms with van der Waals surface area (Å²) in [5, 5.41) is 14.2. The third kappa shape index (κ3) is 9.24. The number of aryl methyl sites for hydroxylation is 2. The number of benzene rings is 2. The summed E-state index contributed by atoms with van der Waals surface area (Å²) in [6.07, 6.45) is 4.26. The van der Waals surface area contributed by atoms with Crippen LogP contribution in [0.5, 0.6) is 0 Å². The Labute approximate surface area is 267 Å². The van der Waals surface area contributed by atoms with Crippen molar-refractivity contribution in [3.05, 3.63) is 113 Å². The summed E-state index contributed by atoms with van der Waals surface area (Å²) in [4.78, 5) is 17.3. The summed E-state index contributed by atoms with van der Waals surface area (Å²) >= 11 is 0. The molecule has 0 spiro atoms. The Balaban J connectivity index is 1.14. The van der Waals surface area contributed by atoms with Gasteiger partial charge in [0.05, 0.1) is 42.5 Å². The van der Waals surface area contributed by atoms with E-state index < -0.39 is 23.4 Å². The Bertz CT molecular complexity index is 1530. The lowest BCUT2D eigenvalue weighted by atomic mass is 9.88. The first-order valence-electron chi connectivity index (χ1n) is 15.8. The highest BCUT2D eigenvalue weighted by Crippen LogP contribution is 2.30. The van der Waals surface area contributed by atoms with Crippen molar-refractivity contribution in [2.24, 2.45) is 0 Å². The fourth-order valence-electron chi connectivity index (χ4n) is 5.92. The molecule has 0 bridgehead atoms. The Morgan fingerprint density at radius 3 is 2.24 bits per heavy atom. The minimum atomic E-state index is -0.501. The van der Waals surface area contributed by atoms with Gasteiger partial charge < -0.3 is 20.7 Å². The van der Waals surface area contributed by atoms with Gasteiger partial charge in [0.15, 0.2) is 0 Å². The predicted molar refractivity (Wildman–Crippen MR) is 171 cm³/mol. The van der Waals surface area contributed by atoms with Crippen LogP contribution in [-0.4, -0.2) is 59.1 Å². The van der Waals surface area contributed by atoms with Gasteiger partial charge in [-0.2, -0.15) is 5.10 Å². The maximum atomic E-state index is 15.0. The van der Waals surface area contributed by atoms with E-state index in [1.54, 1.807) is 24.3 Å². The van der Waals surface area contributed by atoms with Gasteiger partial charge in [-0.15, -0.1) is 0 Å². The van der Waals surface area contributed by atoms with Crippen LogP contribution in [0.4, 0.5) is 18.9 Å². The molecule has 5 rings (SSSR count). The number of nitrogens with one attached hydrogen (secondary N) is 3. The van der Waals surface area contributed by atoms with Crippen LogP contribution in [0, 0.1) is 31.3 Å². The Morgan fingerprint density at radius 2 is 1.61 bits per heavy atom. The van der Waals surface area contributed by atoms with Crippen LogP contribution < -0.4 is 16.0 Å². The van der Waals surface area contributed by atoms with Crippen molar-refractivity contribution in [1.82, 2.24) is 25.4 Å². The van der Waals surface area contributed by atoms with Crippen LogP contribution >= 0.6 is 0 Å². The van der Waals surface area contributed by atoms with Gasteiger partial charge in [0.25, 0.3) is 0 Å². The average Bonchev–Trinajstić information content (AvgIpc) is 3.36. The SMILES string of the molecule is Cc1cc(C)n(CCNCCC2CNCC(CCc3c(F)cncc3NC(=O)CC(c3ccc(F)cc3)c3ccc(F)cc3)O2)n1. The van der Waals surface area contributed by atoms with Gasteiger partial charge in [0.1, 0.15) is 17.5 Å². The summed E-state index contributed by atoms with van der Waals surface area (Å²) < 4.78 is 50.6. The van der Waals surface area contributed by atoms with Crippen molar-refractivity contribution in [2.75, 3.05) is 31.5 Å². The van der Waals surface area contributed by atoms with Crippen LogP contribution in [0.1, 0.15) is 53.3 Å². The van der Waals surface area contributed by atoms with Crippen LogP contribution in [0.3, 0.4) is 0 Å². The number of nitrogens with zero attached hydrogens (tertiary/aromatic N) is 3. The number of hydrogen-bond donors (Lipinski definition) is 3. The highest BCUT2D eigenvalue weighted by atomic mass is 19.1. The Hall–Kier alpha value is -4.06. The van der Waals surface area contributed by atoms with E-state index in [-0.39, 0.29) is 24.5 Å². The molecule has 3 N–H and O–H groups in total. The van der Waals surface area contributed by atoms with E-state index in [0.29, 0.717) is 41.8 Å². The third-order valence-corrected chi connectivity index (χ3v) is 8.31. The number of morpholine rings is 1. The number of hydrogen-bond acceptors (Lipinski definition) is 6. The van der Waals surface area contributed by atoms with Crippen LogP contribution in [0.2, 0.25) is 0 Å². The van der Waals surface area contributed by atoms with Gasteiger partial charge in [0, 0.05) is 43.2 Å². The molecule has 3 heterocycles. The number of amides is 1.